The summed E-state index contributed by atoms with van der Waals surface area (Å²) in [6, 6.07) is 8.39. The lowest BCUT2D eigenvalue weighted by Gasteiger charge is -2.08. The molecule has 1 amide bonds. The fraction of sp³-hybridized carbons (Fsp3) is 0.267. The van der Waals surface area contributed by atoms with Crippen LogP contribution in [0.25, 0.3) is 0 Å². The number of carbonyl (C=O) groups is 2. The second kappa shape index (κ2) is 6.21. The van der Waals surface area contributed by atoms with Crippen LogP contribution in [0.4, 0.5) is 5.69 Å². The lowest BCUT2D eigenvalue weighted by molar-refractivity contribution is 0.0602. The summed E-state index contributed by atoms with van der Waals surface area (Å²) in [5, 5.41) is 6.90. The number of methoxy groups -OCH3 is 1. The summed E-state index contributed by atoms with van der Waals surface area (Å²) in [5.74, 6) is -0.858. The monoisotopic (exact) mass is 287 g/mol. The van der Waals surface area contributed by atoms with Gasteiger partial charge in [-0.05, 0) is 32.0 Å². The fourth-order valence-electron chi connectivity index (χ4n) is 2.01. The molecular weight excluding hydrogens is 270 g/mol. The second-order valence-electron chi connectivity index (χ2n) is 4.48. The molecule has 1 heterocycles. The molecule has 0 aliphatic carbocycles. The molecule has 2 rings (SSSR count). The highest BCUT2D eigenvalue weighted by molar-refractivity contribution is 6.07. The molecular formula is C15H17N3O3. The number of esters is 1. The maximum atomic E-state index is 12.2. The number of carbonyl (C=O) groups excluding carboxylic acids is 2. The van der Waals surface area contributed by atoms with E-state index in [1.165, 1.54) is 7.11 Å². The number of para-hydroxylation sites is 1. The number of aryl methyl sites for hydroxylation is 2. The van der Waals surface area contributed by atoms with Crippen molar-refractivity contribution in [3.05, 3.63) is 47.3 Å². The number of nitrogens with one attached hydrogen (secondary N) is 1. The van der Waals surface area contributed by atoms with E-state index < -0.39 is 5.97 Å². The predicted octanol–water partition coefficient (Wildman–Crippen LogP) is 2.25. The van der Waals surface area contributed by atoms with Gasteiger partial charge in [-0.1, -0.05) is 12.1 Å². The summed E-state index contributed by atoms with van der Waals surface area (Å²) in [6.45, 7) is 4.53. The molecule has 1 aromatic heterocycles. The average Bonchev–Trinajstić information content (AvgIpc) is 2.88. The molecule has 0 saturated carbocycles. The summed E-state index contributed by atoms with van der Waals surface area (Å²) in [5.41, 5.74) is 1.93. The van der Waals surface area contributed by atoms with Gasteiger partial charge >= 0.3 is 5.97 Å². The smallest absolute Gasteiger partial charge is 0.339 e. The number of hydrogen-bond acceptors (Lipinski definition) is 4. The second-order valence-corrected chi connectivity index (χ2v) is 4.48. The number of rotatable bonds is 4. The molecule has 1 N–H and O–H groups in total. The molecule has 1 aromatic carbocycles. The molecule has 2 aromatic rings. The van der Waals surface area contributed by atoms with Crippen molar-refractivity contribution >= 4 is 17.6 Å². The summed E-state index contributed by atoms with van der Waals surface area (Å²) in [4.78, 5) is 23.9. The summed E-state index contributed by atoms with van der Waals surface area (Å²) in [7, 11) is 1.30. The minimum atomic E-state index is -0.499. The van der Waals surface area contributed by atoms with Crippen molar-refractivity contribution in [1.82, 2.24) is 9.78 Å². The van der Waals surface area contributed by atoms with E-state index in [0.29, 0.717) is 23.5 Å². The lowest BCUT2D eigenvalue weighted by Crippen LogP contribution is -2.16. The van der Waals surface area contributed by atoms with Crippen molar-refractivity contribution in [1.29, 1.82) is 0 Å². The van der Waals surface area contributed by atoms with Crippen LogP contribution in [0.1, 0.15) is 33.5 Å². The van der Waals surface area contributed by atoms with Crippen molar-refractivity contribution in [3.8, 4) is 0 Å². The Bertz CT molecular complexity index is 677. The lowest BCUT2D eigenvalue weighted by atomic mass is 10.1. The SMILES string of the molecule is CCn1nc(C(=O)Nc2ccccc2C(=O)OC)cc1C. The van der Waals surface area contributed by atoms with Crippen LogP contribution in [0.2, 0.25) is 0 Å². The van der Waals surface area contributed by atoms with Crippen molar-refractivity contribution in [3.63, 3.8) is 0 Å². The Balaban J connectivity index is 2.25. The molecule has 21 heavy (non-hydrogen) atoms. The summed E-state index contributed by atoms with van der Waals surface area (Å²) in [6.07, 6.45) is 0. The Morgan fingerprint density at radius 3 is 2.67 bits per heavy atom. The molecule has 110 valence electrons. The van der Waals surface area contributed by atoms with Gasteiger partial charge in [0.25, 0.3) is 5.91 Å². The predicted molar refractivity (Wildman–Crippen MR) is 78.4 cm³/mol. The fourth-order valence-corrected chi connectivity index (χ4v) is 2.01. The normalized spacial score (nSPS) is 10.2. The standard InChI is InChI=1S/C15H17N3O3/c1-4-18-10(2)9-13(17-18)14(19)16-12-8-6-5-7-11(12)15(20)21-3/h5-9H,4H2,1-3H3,(H,16,19). The van der Waals surface area contributed by atoms with E-state index >= 15 is 0 Å². The van der Waals surface area contributed by atoms with Gasteiger partial charge in [0.05, 0.1) is 18.4 Å². The van der Waals surface area contributed by atoms with E-state index in [1.807, 2.05) is 13.8 Å². The van der Waals surface area contributed by atoms with Gasteiger partial charge in [0.15, 0.2) is 5.69 Å². The van der Waals surface area contributed by atoms with E-state index in [2.05, 4.69) is 10.4 Å². The highest BCUT2D eigenvalue weighted by Crippen LogP contribution is 2.17. The number of amides is 1. The molecule has 0 aliphatic heterocycles. The van der Waals surface area contributed by atoms with Gasteiger partial charge in [0.2, 0.25) is 0 Å². The van der Waals surface area contributed by atoms with Crippen molar-refractivity contribution in [2.24, 2.45) is 0 Å². The van der Waals surface area contributed by atoms with Crippen LogP contribution in [0.3, 0.4) is 0 Å². The largest absolute Gasteiger partial charge is 0.465 e. The Hall–Kier alpha value is -2.63. The van der Waals surface area contributed by atoms with E-state index in [-0.39, 0.29) is 5.91 Å². The summed E-state index contributed by atoms with van der Waals surface area (Å²) >= 11 is 0. The first-order chi connectivity index (χ1) is 10.1. The third-order valence-corrected chi connectivity index (χ3v) is 3.09. The number of anilines is 1. The first-order valence-electron chi connectivity index (χ1n) is 6.60. The van der Waals surface area contributed by atoms with E-state index in [1.54, 1.807) is 35.0 Å². The minimum Gasteiger partial charge on any atom is -0.465 e. The number of aromatic nitrogens is 2. The molecule has 0 atom stereocenters. The maximum Gasteiger partial charge on any atom is 0.339 e. The van der Waals surface area contributed by atoms with Crippen molar-refractivity contribution < 1.29 is 14.3 Å². The van der Waals surface area contributed by atoms with Crippen LogP contribution in [0.15, 0.2) is 30.3 Å². The minimum absolute atomic E-state index is 0.306. The zero-order valence-corrected chi connectivity index (χ0v) is 12.2. The zero-order valence-electron chi connectivity index (χ0n) is 12.2. The van der Waals surface area contributed by atoms with Gasteiger partial charge in [-0.3, -0.25) is 9.48 Å². The topological polar surface area (TPSA) is 73.2 Å². The Labute approximate surface area is 122 Å². The van der Waals surface area contributed by atoms with Crippen molar-refractivity contribution in [2.75, 3.05) is 12.4 Å². The van der Waals surface area contributed by atoms with Crippen LogP contribution in [0.5, 0.6) is 0 Å². The molecule has 0 radical (unpaired) electrons. The number of nitrogens with zero attached hydrogens (tertiary/aromatic N) is 2. The van der Waals surface area contributed by atoms with Crippen LogP contribution >= 0.6 is 0 Å². The maximum absolute atomic E-state index is 12.2. The van der Waals surface area contributed by atoms with E-state index in [0.717, 1.165) is 5.69 Å². The summed E-state index contributed by atoms with van der Waals surface area (Å²) < 4.78 is 6.43. The number of hydrogen-bond donors (Lipinski definition) is 1. The molecule has 0 unspecified atom stereocenters. The highest BCUT2D eigenvalue weighted by atomic mass is 16.5. The van der Waals surface area contributed by atoms with Gasteiger partial charge in [0.1, 0.15) is 0 Å². The van der Waals surface area contributed by atoms with Crippen LogP contribution in [0, 0.1) is 6.92 Å². The third-order valence-electron chi connectivity index (χ3n) is 3.09. The highest BCUT2D eigenvalue weighted by Gasteiger charge is 2.16. The number of ether oxygens (including phenoxy) is 1. The first kappa shape index (κ1) is 14.8. The van der Waals surface area contributed by atoms with E-state index in [4.69, 9.17) is 4.74 Å². The molecule has 6 nitrogen and oxygen atoms in total. The first-order valence-corrected chi connectivity index (χ1v) is 6.60. The molecule has 0 saturated heterocycles. The van der Waals surface area contributed by atoms with Crippen molar-refractivity contribution in [2.45, 2.75) is 20.4 Å². The van der Waals surface area contributed by atoms with E-state index in [9.17, 15) is 9.59 Å². The van der Waals surface area contributed by atoms with Crippen LogP contribution in [-0.2, 0) is 11.3 Å². The Kier molecular flexibility index (Phi) is 4.37. The molecule has 0 fully saturated rings. The molecule has 0 aliphatic rings. The van der Waals surface area contributed by atoms with Gasteiger partial charge in [-0.15, -0.1) is 0 Å². The average molecular weight is 287 g/mol. The van der Waals surface area contributed by atoms with Gasteiger partial charge in [-0.25, -0.2) is 4.79 Å². The van der Waals surface area contributed by atoms with Crippen LogP contribution in [-0.4, -0.2) is 28.8 Å². The van der Waals surface area contributed by atoms with Crippen LogP contribution < -0.4 is 5.32 Å². The Morgan fingerprint density at radius 2 is 2.05 bits per heavy atom. The zero-order chi connectivity index (χ0) is 15.4. The third kappa shape index (κ3) is 3.10. The molecule has 0 bridgehead atoms. The van der Waals surface area contributed by atoms with Gasteiger partial charge in [0, 0.05) is 12.2 Å². The number of benzene rings is 1. The quantitative estimate of drug-likeness (QED) is 0.875. The van der Waals surface area contributed by atoms with Gasteiger partial charge in [-0.2, -0.15) is 5.10 Å². The Morgan fingerprint density at radius 1 is 1.33 bits per heavy atom. The molecule has 0 spiro atoms. The van der Waals surface area contributed by atoms with Gasteiger partial charge < -0.3 is 10.1 Å². The molecule has 6 heteroatoms.